The molecular formula is C10H21N. The second kappa shape index (κ2) is 3.14. The minimum Gasteiger partial charge on any atom is -0.306 e. The molecule has 1 aliphatic heterocycles. The van der Waals surface area contributed by atoms with Crippen molar-refractivity contribution in [3.05, 3.63) is 0 Å². The van der Waals surface area contributed by atoms with Crippen LogP contribution in [0.15, 0.2) is 0 Å². The molecular weight excluding hydrogens is 134 g/mol. The Morgan fingerprint density at radius 2 is 2.09 bits per heavy atom. The molecule has 1 saturated heterocycles. The monoisotopic (exact) mass is 155 g/mol. The second-order valence-electron chi connectivity index (χ2n) is 4.90. The van der Waals surface area contributed by atoms with Gasteiger partial charge in [0.1, 0.15) is 0 Å². The molecule has 1 unspecified atom stereocenters. The molecule has 66 valence electrons. The normalized spacial score (nSPS) is 33.5. The maximum atomic E-state index is 2.45. The molecule has 0 aromatic heterocycles. The van der Waals surface area contributed by atoms with Crippen LogP contribution in [0, 0.1) is 11.3 Å². The van der Waals surface area contributed by atoms with Crippen LogP contribution in [0.2, 0.25) is 0 Å². The SMILES string of the molecule is CC(C)CC1(C)CCN(C)C1. The van der Waals surface area contributed by atoms with Gasteiger partial charge in [0.15, 0.2) is 0 Å². The second-order valence-corrected chi connectivity index (χ2v) is 4.90. The molecule has 1 rings (SSSR count). The van der Waals surface area contributed by atoms with Gasteiger partial charge < -0.3 is 4.90 Å². The quantitative estimate of drug-likeness (QED) is 0.592. The Hall–Kier alpha value is -0.0400. The molecule has 1 aliphatic rings. The minimum atomic E-state index is 0.614. The summed E-state index contributed by atoms with van der Waals surface area (Å²) in [5.41, 5.74) is 0.614. The number of rotatable bonds is 2. The molecule has 0 aliphatic carbocycles. The maximum Gasteiger partial charge on any atom is 0.00329 e. The lowest BCUT2D eigenvalue weighted by atomic mass is 9.81. The van der Waals surface area contributed by atoms with E-state index in [0.717, 1.165) is 5.92 Å². The Kier molecular flexibility index (Phi) is 2.58. The zero-order valence-electron chi connectivity index (χ0n) is 8.35. The lowest BCUT2D eigenvalue weighted by Gasteiger charge is -2.25. The highest BCUT2D eigenvalue weighted by molar-refractivity contribution is 4.85. The van der Waals surface area contributed by atoms with Crippen LogP contribution >= 0.6 is 0 Å². The molecule has 0 amide bonds. The number of hydrogen-bond acceptors (Lipinski definition) is 1. The lowest BCUT2D eigenvalue weighted by Crippen LogP contribution is -2.23. The number of likely N-dealkylation sites (tertiary alicyclic amines) is 1. The van der Waals surface area contributed by atoms with Crippen LogP contribution in [-0.2, 0) is 0 Å². The summed E-state index contributed by atoms with van der Waals surface area (Å²) in [5.74, 6) is 0.853. The molecule has 0 radical (unpaired) electrons. The van der Waals surface area contributed by atoms with Gasteiger partial charge in [0.2, 0.25) is 0 Å². The molecule has 0 bridgehead atoms. The highest BCUT2D eigenvalue weighted by Gasteiger charge is 2.31. The van der Waals surface area contributed by atoms with Crippen LogP contribution < -0.4 is 0 Å². The Balaban J connectivity index is 2.42. The van der Waals surface area contributed by atoms with Gasteiger partial charge in [-0.25, -0.2) is 0 Å². The molecule has 1 nitrogen and oxygen atoms in total. The van der Waals surface area contributed by atoms with Crippen molar-refractivity contribution >= 4 is 0 Å². The fourth-order valence-corrected chi connectivity index (χ4v) is 2.42. The van der Waals surface area contributed by atoms with E-state index in [0.29, 0.717) is 5.41 Å². The summed E-state index contributed by atoms with van der Waals surface area (Å²) < 4.78 is 0. The van der Waals surface area contributed by atoms with Crippen LogP contribution in [0.3, 0.4) is 0 Å². The molecule has 1 fully saturated rings. The van der Waals surface area contributed by atoms with Gasteiger partial charge in [-0.1, -0.05) is 20.8 Å². The first-order valence-electron chi connectivity index (χ1n) is 4.70. The van der Waals surface area contributed by atoms with Gasteiger partial charge >= 0.3 is 0 Å². The van der Waals surface area contributed by atoms with Crippen molar-refractivity contribution in [1.29, 1.82) is 0 Å². The van der Waals surface area contributed by atoms with Gasteiger partial charge in [0.05, 0.1) is 0 Å². The zero-order valence-corrected chi connectivity index (χ0v) is 8.35. The lowest BCUT2D eigenvalue weighted by molar-refractivity contribution is 0.256. The van der Waals surface area contributed by atoms with Crippen LogP contribution in [0.25, 0.3) is 0 Å². The zero-order chi connectivity index (χ0) is 8.48. The van der Waals surface area contributed by atoms with E-state index in [1.807, 2.05) is 0 Å². The van der Waals surface area contributed by atoms with Crippen LogP contribution in [0.4, 0.5) is 0 Å². The van der Waals surface area contributed by atoms with Crippen LogP contribution in [-0.4, -0.2) is 25.0 Å². The summed E-state index contributed by atoms with van der Waals surface area (Å²) in [7, 11) is 2.23. The molecule has 0 aromatic rings. The first-order chi connectivity index (χ1) is 5.02. The summed E-state index contributed by atoms with van der Waals surface area (Å²) in [6.07, 6.45) is 2.78. The fourth-order valence-electron chi connectivity index (χ4n) is 2.42. The third kappa shape index (κ3) is 2.48. The summed E-state index contributed by atoms with van der Waals surface area (Å²) in [5, 5.41) is 0. The summed E-state index contributed by atoms with van der Waals surface area (Å²) >= 11 is 0. The predicted octanol–water partition coefficient (Wildman–Crippen LogP) is 2.37. The van der Waals surface area contributed by atoms with E-state index in [2.05, 4.69) is 32.7 Å². The van der Waals surface area contributed by atoms with Crippen molar-refractivity contribution in [2.75, 3.05) is 20.1 Å². The summed E-state index contributed by atoms with van der Waals surface area (Å²) in [6, 6.07) is 0. The Morgan fingerprint density at radius 1 is 1.45 bits per heavy atom. The smallest absolute Gasteiger partial charge is 0.00329 e. The molecule has 1 atom stereocenters. The van der Waals surface area contributed by atoms with Crippen molar-refractivity contribution in [2.24, 2.45) is 11.3 Å². The van der Waals surface area contributed by atoms with Crippen molar-refractivity contribution in [2.45, 2.75) is 33.6 Å². The van der Waals surface area contributed by atoms with E-state index in [4.69, 9.17) is 0 Å². The molecule has 0 N–H and O–H groups in total. The molecule has 0 saturated carbocycles. The Bertz CT molecular complexity index is 131. The highest BCUT2D eigenvalue weighted by atomic mass is 15.1. The van der Waals surface area contributed by atoms with E-state index < -0.39 is 0 Å². The topological polar surface area (TPSA) is 3.24 Å². The molecule has 0 aromatic carbocycles. The van der Waals surface area contributed by atoms with Crippen molar-refractivity contribution in [3.8, 4) is 0 Å². The maximum absolute atomic E-state index is 2.45. The average molecular weight is 155 g/mol. The van der Waals surface area contributed by atoms with Gasteiger partial charge in [0.25, 0.3) is 0 Å². The first kappa shape index (κ1) is 9.05. The average Bonchev–Trinajstić information content (AvgIpc) is 2.08. The van der Waals surface area contributed by atoms with Crippen LogP contribution in [0.5, 0.6) is 0 Å². The largest absolute Gasteiger partial charge is 0.306 e. The minimum absolute atomic E-state index is 0.614. The van der Waals surface area contributed by atoms with Crippen molar-refractivity contribution in [1.82, 2.24) is 4.90 Å². The van der Waals surface area contributed by atoms with Crippen LogP contribution in [0.1, 0.15) is 33.6 Å². The van der Waals surface area contributed by atoms with Gasteiger partial charge in [-0.2, -0.15) is 0 Å². The summed E-state index contributed by atoms with van der Waals surface area (Å²) in [4.78, 5) is 2.45. The molecule has 0 spiro atoms. The van der Waals surface area contributed by atoms with E-state index in [1.54, 1.807) is 0 Å². The number of nitrogens with zero attached hydrogens (tertiary/aromatic N) is 1. The third-order valence-electron chi connectivity index (χ3n) is 2.65. The molecule has 1 heteroatoms. The first-order valence-corrected chi connectivity index (χ1v) is 4.70. The molecule has 11 heavy (non-hydrogen) atoms. The predicted molar refractivity (Wildman–Crippen MR) is 49.7 cm³/mol. The van der Waals surface area contributed by atoms with Gasteiger partial charge in [0, 0.05) is 6.54 Å². The summed E-state index contributed by atoms with van der Waals surface area (Å²) in [6.45, 7) is 9.66. The number of hydrogen-bond donors (Lipinski definition) is 0. The Labute approximate surface area is 70.8 Å². The standard InChI is InChI=1S/C10H21N/c1-9(2)7-10(3)5-6-11(4)8-10/h9H,5-8H2,1-4H3. The van der Waals surface area contributed by atoms with Gasteiger partial charge in [-0.05, 0) is 37.8 Å². The van der Waals surface area contributed by atoms with E-state index in [-0.39, 0.29) is 0 Å². The van der Waals surface area contributed by atoms with Gasteiger partial charge in [-0.3, -0.25) is 0 Å². The Morgan fingerprint density at radius 3 is 2.45 bits per heavy atom. The van der Waals surface area contributed by atoms with E-state index >= 15 is 0 Å². The van der Waals surface area contributed by atoms with Crippen molar-refractivity contribution < 1.29 is 0 Å². The van der Waals surface area contributed by atoms with E-state index in [1.165, 1.54) is 25.9 Å². The van der Waals surface area contributed by atoms with Crippen molar-refractivity contribution in [3.63, 3.8) is 0 Å². The molecule has 1 heterocycles. The van der Waals surface area contributed by atoms with Gasteiger partial charge in [-0.15, -0.1) is 0 Å². The van der Waals surface area contributed by atoms with E-state index in [9.17, 15) is 0 Å². The highest BCUT2D eigenvalue weighted by Crippen LogP contribution is 2.35. The third-order valence-corrected chi connectivity index (χ3v) is 2.65. The fraction of sp³-hybridized carbons (Fsp3) is 1.00.